The standard InChI is InChI=1S/C58H65BN2/c1-53(2,3)35-23-26-38(27-24-35)60-46-28-25-36(54(4,5)6)29-44(46)59-45-32-42-43(57(12,13)34-56(42,10)11)33-48(45)61(50-31-37(55(7,8)9)30-49(60)52(50)59)47-22-18-21-41-51(47)39-19-16-17-20-40(39)58(41,14)15/h16-33H,34H2,1-15H3. The molecule has 0 N–H and O–H groups in total. The zero-order chi connectivity index (χ0) is 43.6. The van der Waals surface area contributed by atoms with Gasteiger partial charge in [0.2, 0.25) is 0 Å². The molecule has 0 fully saturated rings. The molecule has 0 spiro atoms. The first-order valence-electron chi connectivity index (χ1n) is 22.9. The van der Waals surface area contributed by atoms with E-state index in [1.807, 2.05) is 0 Å². The molecule has 0 aromatic heterocycles. The van der Waals surface area contributed by atoms with Crippen molar-refractivity contribution in [2.24, 2.45) is 0 Å². The number of rotatable bonds is 2. The van der Waals surface area contributed by atoms with Crippen molar-refractivity contribution in [1.29, 1.82) is 0 Å². The zero-order valence-electron chi connectivity index (χ0n) is 39.6. The van der Waals surface area contributed by atoms with Crippen molar-refractivity contribution in [3.63, 3.8) is 0 Å². The van der Waals surface area contributed by atoms with Crippen molar-refractivity contribution in [3.05, 3.63) is 148 Å². The van der Waals surface area contributed by atoms with Crippen molar-refractivity contribution in [2.45, 2.75) is 143 Å². The van der Waals surface area contributed by atoms with Crippen LogP contribution in [-0.4, -0.2) is 6.71 Å². The van der Waals surface area contributed by atoms with E-state index < -0.39 is 0 Å². The number of benzene rings is 6. The van der Waals surface area contributed by atoms with Gasteiger partial charge in [-0.05, 0) is 137 Å². The van der Waals surface area contributed by atoms with Crippen LogP contribution in [0.3, 0.4) is 0 Å². The topological polar surface area (TPSA) is 6.48 Å². The predicted molar refractivity (Wildman–Crippen MR) is 265 cm³/mol. The summed E-state index contributed by atoms with van der Waals surface area (Å²) in [6.07, 6.45) is 1.13. The van der Waals surface area contributed by atoms with Crippen LogP contribution in [0.25, 0.3) is 11.1 Å². The third-order valence-corrected chi connectivity index (χ3v) is 15.1. The fraction of sp³-hybridized carbons (Fsp3) is 0.379. The van der Waals surface area contributed by atoms with Crippen molar-refractivity contribution >= 4 is 57.2 Å². The summed E-state index contributed by atoms with van der Waals surface area (Å²) in [6.45, 7) is 35.9. The van der Waals surface area contributed by atoms with Crippen molar-refractivity contribution < 1.29 is 0 Å². The predicted octanol–water partition coefficient (Wildman–Crippen LogP) is 13.9. The SMILES string of the molecule is CC(C)(C)c1ccc(N2c3ccc(C(C)(C)C)cc3B3c4cc5c(cc4N(c4cccc6c4-c4ccccc4C6(C)C)c4cc(C(C)(C)C)cc2c43)C(C)(C)CC5(C)C)cc1. The molecule has 0 saturated heterocycles. The highest BCUT2D eigenvalue weighted by atomic mass is 15.2. The highest BCUT2D eigenvalue weighted by Gasteiger charge is 2.49. The molecular weight excluding hydrogens is 735 g/mol. The Balaban J connectivity index is 1.37. The van der Waals surface area contributed by atoms with Crippen molar-refractivity contribution in [3.8, 4) is 11.1 Å². The second-order valence-electron chi connectivity index (χ2n) is 23.9. The molecule has 6 aromatic rings. The number of anilines is 6. The minimum atomic E-state index is -0.113. The van der Waals surface area contributed by atoms with Crippen LogP contribution >= 0.6 is 0 Å². The van der Waals surface area contributed by atoms with E-state index in [2.05, 4.69) is 223 Å². The molecular formula is C58H65BN2. The van der Waals surface area contributed by atoms with Crippen LogP contribution < -0.4 is 26.2 Å². The molecule has 3 heteroatoms. The molecule has 0 amide bonds. The van der Waals surface area contributed by atoms with E-state index in [1.54, 1.807) is 0 Å². The summed E-state index contributed by atoms with van der Waals surface area (Å²) >= 11 is 0. The number of hydrogen-bond acceptors (Lipinski definition) is 2. The fourth-order valence-corrected chi connectivity index (χ4v) is 11.9. The average Bonchev–Trinajstić information content (AvgIpc) is 3.52. The van der Waals surface area contributed by atoms with Gasteiger partial charge < -0.3 is 9.80 Å². The lowest BCUT2D eigenvalue weighted by Crippen LogP contribution is -2.62. The highest BCUT2D eigenvalue weighted by Crippen LogP contribution is 2.57. The first kappa shape index (κ1) is 40.1. The Morgan fingerprint density at radius 2 is 1.00 bits per heavy atom. The first-order chi connectivity index (χ1) is 28.4. The summed E-state index contributed by atoms with van der Waals surface area (Å²) in [7, 11) is 0. The summed E-state index contributed by atoms with van der Waals surface area (Å²) in [5.74, 6) is 0. The molecule has 2 aliphatic carbocycles. The Hall–Kier alpha value is -5.02. The minimum Gasteiger partial charge on any atom is -0.311 e. The van der Waals surface area contributed by atoms with Crippen LogP contribution in [0.1, 0.15) is 149 Å². The first-order valence-corrected chi connectivity index (χ1v) is 22.9. The summed E-state index contributed by atoms with van der Waals surface area (Å²) in [4.78, 5) is 5.33. The third kappa shape index (κ3) is 5.81. The molecule has 0 radical (unpaired) electrons. The third-order valence-electron chi connectivity index (χ3n) is 15.1. The summed E-state index contributed by atoms with van der Waals surface area (Å²) < 4.78 is 0. The van der Waals surface area contributed by atoms with Gasteiger partial charge in [-0.1, -0.05) is 171 Å². The molecule has 2 nitrogen and oxygen atoms in total. The van der Waals surface area contributed by atoms with E-state index in [-0.39, 0.29) is 39.2 Å². The lowest BCUT2D eigenvalue weighted by Gasteiger charge is -2.46. The average molecular weight is 801 g/mol. The van der Waals surface area contributed by atoms with Gasteiger partial charge >= 0.3 is 0 Å². The number of fused-ring (bicyclic) bond motifs is 8. The smallest absolute Gasteiger partial charge is 0.252 e. The van der Waals surface area contributed by atoms with E-state index in [0.717, 1.165) is 6.42 Å². The quantitative estimate of drug-likeness (QED) is 0.161. The Morgan fingerprint density at radius 3 is 1.64 bits per heavy atom. The molecule has 61 heavy (non-hydrogen) atoms. The number of nitrogens with zero attached hydrogens (tertiary/aromatic N) is 2. The zero-order valence-corrected chi connectivity index (χ0v) is 39.6. The Morgan fingerprint density at radius 1 is 0.443 bits per heavy atom. The highest BCUT2D eigenvalue weighted by molar-refractivity contribution is 7.00. The second-order valence-corrected chi connectivity index (χ2v) is 23.9. The van der Waals surface area contributed by atoms with Gasteiger partial charge in [-0.25, -0.2) is 0 Å². The molecule has 0 unspecified atom stereocenters. The van der Waals surface area contributed by atoms with E-state index in [9.17, 15) is 0 Å². The largest absolute Gasteiger partial charge is 0.311 e. The normalized spacial score (nSPS) is 17.7. The molecule has 2 aliphatic heterocycles. The maximum Gasteiger partial charge on any atom is 0.252 e. The Bertz CT molecular complexity index is 2810. The molecule has 6 aromatic carbocycles. The monoisotopic (exact) mass is 801 g/mol. The van der Waals surface area contributed by atoms with Gasteiger partial charge in [0.05, 0.1) is 5.69 Å². The van der Waals surface area contributed by atoms with Gasteiger partial charge in [-0.15, -0.1) is 0 Å². The summed E-state index contributed by atoms with van der Waals surface area (Å²) in [6, 6.07) is 43.6. The molecule has 0 bridgehead atoms. The fourth-order valence-electron chi connectivity index (χ4n) is 11.9. The van der Waals surface area contributed by atoms with Crippen LogP contribution in [0.4, 0.5) is 34.1 Å². The molecule has 2 heterocycles. The van der Waals surface area contributed by atoms with Gasteiger partial charge in [0.25, 0.3) is 6.71 Å². The van der Waals surface area contributed by atoms with Crippen LogP contribution in [0.5, 0.6) is 0 Å². The molecule has 310 valence electrons. The van der Waals surface area contributed by atoms with Crippen LogP contribution in [0, 0.1) is 0 Å². The Labute approximate surface area is 367 Å². The molecule has 4 aliphatic rings. The lowest BCUT2D eigenvalue weighted by atomic mass is 9.33. The maximum atomic E-state index is 2.72. The van der Waals surface area contributed by atoms with Gasteiger partial charge in [-0.2, -0.15) is 0 Å². The van der Waals surface area contributed by atoms with E-state index in [1.165, 1.54) is 101 Å². The second kappa shape index (κ2) is 12.6. The van der Waals surface area contributed by atoms with Crippen LogP contribution in [-0.2, 0) is 32.5 Å². The van der Waals surface area contributed by atoms with Crippen molar-refractivity contribution in [1.82, 2.24) is 0 Å². The lowest BCUT2D eigenvalue weighted by molar-refractivity contribution is 0.403. The molecule has 0 saturated carbocycles. The maximum absolute atomic E-state index is 2.72. The van der Waals surface area contributed by atoms with Crippen LogP contribution in [0.2, 0.25) is 0 Å². The van der Waals surface area contributed by atoms with Gasteiger partial charge in [0, 0.05) is 39.4 Å². The van der Waals surface area contributed by atoms with E-state index >= 15 is 0 Å². The number of hydrogen-bond donors (Lipinski definition) is 0. The summed E-state index contributed by atoms with van der Waals surface area (Å²) in [5, 5.41) is 0. The van der Waals surface area contributed by atoms with Crippen molar-refractivity contribution in [2.75, 3.05) is 9.80 Å². The molecule has 0 atom stereocenters. The van der Waals surface area contributed by atoms with E-state index in [4.69, 9.17) is 0 Å². The van der Waals surface area contributed by atoms with Gasteiger partial charge in [0.1, 0.15) is 0 Å². The van der Waals surface area contributed by atoms with E-state index in [0.29, 0.717) is 0 Å². The van der Waals surface area contributed by atoms with Crippen LogP contribution in [0.15, 0.2) is 109 Å². The van der Waals surface area contributed by atoms with Gasteiger partial charge in [0.15, 0.2) is 0 Å². The summed E-state index contributed by atoms with van der Waals surface area (Å²) in [5.41, 5.74) is 24.4. The minimum absolute atomic E-state index is 0.00825. The molecule has 10 rings (SSSR count). The Kier molecular flexibility index (Phi) is 8.25. The van der Waals surface area contributed by atoms with Gasteiger partial charge in [-0.3, -0.25) is 0 Å².